The van der Waals surface area contributed by atoms with Gasteiger partial charge in [0.15, 0.2) is 0 Å². The lowest BCUT2D eigenvalue weighted by Crippen LogP contribution is -2.45. The van der Waals surface area contributed by atoms with Crippen LogP contribution in [0.5, 0.6) is 0 Å². The summed E-state index contributed by atoms with van der Waals surface area (Å²) in [5.41, 5.74) is 1.58. The minimum absolute atomic E-state index is 0.0806. The van der Waals surface area contributed by atoms with E-state index in [-0.39, 0.29) is 12.1 Å². The molecule has 4 nitrogen and oxygen atoms in total. The van der Waals surface area contributed by atoms with E-state index in [0.29, 0.717) is 13.2 Å². The minimum atomic E-state index is -0.667. The van der Waals surface area contributed by atoms with E-state index in [9.17, 15) is 4.79 Å². The molecule has 0 aromatic heterocycles. The lowest BCUT2D eigenvalue weighted by molar-refractivity contribution is -0.156. The quantitative estimate of drug-likeness (QED) is 0.746. The number of ether oxygens (including phenoxy) is 2. The molecule has 1 aliphatic heterocycles. The summed E-state index contributed by atoms with van der Waals surface area (Å²) in [4.78, 5) is 14.9. The van der Waals surface area contributed by atoms with Crippen molar-refractivity contribution in [1.29, 1.82) is 0 Å². The van der Waals surface area contributed by atoms with Crippen LogP contribution in [0, 0.1) is 0 Å². The van der Waals surface area contributed by atoms with Crippen molar-refractivity contribution >= 4 is 5.97 Å². The molecule has 0 amide bonds. The molecule has 4 heteroatoms. The number of benzene rings is 2. The summed E-state index contributed by atoms with van der Waals surface area (Å²) < 4.78 is 11.4. The van der Waals surface area contributed by atoms with Crippen LogP contribution in [-0.2, 0) is 26.2 Å². The molecule has 26 heavy (non-hydrogen) atoms. The van der Waals surface area contributed by atoms with Gasteiger partial charge >= 0.3 is 5.97 Å². The van der Waals surface area contributed by atoms with Crippen LogP contribution < -0.4 is 0 Å². The van der Waals surface area contributed by atoms with E-state index in [1.807, 2.05) is 50.2 Å². The maximum absolute atomic E-state index is 12.6. The summed E-state index contributed by atoms with van der Waals surface area (Å²) in [5.74, 6) is -0.215. The molecule has 0 saturated carbocycles. The molecule has 0 N–H and O–H groups in total. The first kappa shape index (κ1) is 18.6. The maximum atomic E-state index is 12.6. The van der Waals surface area contributed by atoms with Crippen LogP contribution in [0.1, 0.15) is 25.0 Å². The van der Waals surface area contributed by atoms with Gasteiger partial charge in [0.1, 0.15) is 12.7 Å². The molecule has 1 aliphatic rings. The fraction of sp³-hybridized carbons (Fsp3) is 0.409. The molecular weight excluding hydrogens is 326 g/mol. The van der Waals surface area contributed by atoms with E-state index in [2.05, 4.69) is 29.2 Å². The molecule has 1 heterocycles. The van der Waals surface area contributed by atoms with Crippen molar-refractivity contribution in [2.45, 2.75) is 31.9 Å². The second-order valence-electron chi connectivity index (χ2n) is 7.30. The second kappa shape index (κ2) is 8.47. The standard InChI is InChI=1S/C22H27NO3/c1-22(2,19-11-7-4-8-12-19)21(24)26-17-20-16-23(13-14-25-20)15-18-9-5-3-6-10-18/h3-12,20H,13-17H2,1-2H3. The van der Waals surface area contributed by atoms with E-state index in [1.54, 1.807) is 0 Å². The fourth-order valence-electron chi connectivity index (χ4n) is 3.19. The average molecular weight is 353 g/mol. The lowest BCUT2D eigenvalue weighted by Gasteiger charge is -2.33. The summed E-state index contributed by atoms with van der Waals surface area (Å²) >= 11 is 0. The van der Waals surface area contributed by atoms with Crippen molar-refractivity contribution in [3.05, 3.63) is 71.8 Å². The van der Waals surface area contributed by atoms with E-state index in [0.717, 1.165) is 25.2 Å². The van der Waals surface area contributed by atoms with Crippen LogP contribution in [0.3, 0.4) is 0 Å². The Morgan fingerprint density at radius 1 is 1.12 bits per heavy atom. The number of morpholine rings is 1. The lowest BCUT2D eigenvalue weighted by atomic mass is 9.85. The van der Waals surface area contributed by atoms with Gasteiger partial charge in [0.05, 0.1) is 12.0 Å². The minimum Gasteiger partial charge on any atom is -0.462 e. The third-order valence-corrected chi connectivity index (χ3v) is 4.88. The third-order valence-electron chi connectivity index (χ3n) is 4.88. The van der Waals surface area contributed by atoms with E-state index >= 15 is 0 Å². The number of esters is 1. The normalized spacial score (nSPS) is 18.5. The SMILES string of the molecule is CC(C)(C(=O)OCC1CN(Cc2ccccc2)CCO1)c1ccccc1. The number of hydrogen-bond donors (Lipinski definition) is 0. The van der Waals surface area contributed by atoms with Crippen LogP contribution in [-0.4, -0.2) is 43.3 Å². The highest BCUT2D eigenvalue weighted by atomic mass is 16.6. The predicted octanol–water partition coefficient (Wildman–Crippen LogP) is 3.41. The van der Waals surface area contributed by atoms with Gasteiger partial charge in [-0.3, -0.25) is 9.69 Å². The second-order valence-corrected chi connectivity index (χ2v) is 7.30. The zero-order valence-electron chi connectivity index (χ0n) is 15.6. The predicted molar refractivity (Wildman–Crippen MR) is 102 cm³/mol. The Balaban J connectivity index is 1.51. The van der Waals surface area contributed by atoms with Gasteiger partial charge in [0.2, 0.25) is 0 Å². The van der Waals surface area contributed by atoms with Crippen molar-refractivity contribution in [2.24, 2.45) is 0 Å². The van der Waals surface area contributed by atoms with Crippen LogP contribution in [0.25, 0.3) is 0 Å². The first-order valence-corrected chi connectivity index (χ1v) is 9.16. The molecule has 1 saturated heterocycles. The number of carbonyl (C=O) groups is 1. The fourth-order valence-corrected chi connectivity index (χ4v) is 3.19. The topological polar surface area (TPSA) is 38.8 Å². The summed E-state index contributed by atoms with van der Waals surface area (Å²) in [7, 11) is 0. The summed E-state index contributed by atoms with van der Waals surface area (Å²) in [6, 6.07) is 20.1. The van der Waals surface area contributed by atoms with Crippen molar-refractivity contribution < 1.29 is 14.3 Å². The molecule has 0 radical (unpaired) electrons. The van der Waals surface area contributed by atoms with Crippen molar-refractivity contribution in [2.75, 3.05) is 26.3 Å². The Hall–Kier alpha value is -2.17. The molecule has 1 fully saturated rings. The number of rotatable bonds is 6. The van der Waals surface area contributed by atoms with E-state index < -0.39 is 5.41 Å². The number of hydrogen-bond acceptors (Lipinski definition) is 4. The Labute approximate surface area is 155 Å². The molecule has 1 atom stereocenters. The highest BCUT2D eigenvalue weighted by Gasteiger charge is 2.32. The summed E-state index contributed by atoms with van der Waals surface area (Å²) in [5, 5.41) is 0. The highest BCUT2D eigenvalue weighted by Crippen LogP contribution is 2.24. The largest absolute Gasteiger partial charge is 0.462 e. The molecule has 0 spiro atoms. The van der Waals surface area contributed by atoms with Gasteiger partial charge in [0, 0.05) is 19.6 Å². The number of nitrogens with zero attached hydrogens (tertiary/aromatic N) is 1. The molecule has 3 rings (SSSR count). The zero-order valence-corrected chi connectivity index (χ0v) is 15.6. The first-order chi connectivity index (χ1) is 12.6. The van der Waals surface area contributed by atoms with E-state index in [1.165, 1.54) is 5.56 Å². The van der Waals surface area contributed by atoms with Crippen molar-refractivity contribution in [3.63, 3.8) is 0 Å². The van der Waals surface area contributed by atoms with Gasteiger partial charge in [-0.25, -0.2) is 0 Å². The summed E-state index contributed by atoms with van der Waals surface area (Å²) in [6.07, 6.45) is -0.0806. The van der Waals surface area contributed by atoms with E-state index in [4.69, 9.17) is 9.47 Å². The Morgan fingerprint density at radius 3 is 2.46 bits per heavy atom. The van der Waals surface area contributed by atoms with Gasteiger partial charge in [-0.05, 0) is 25.0 Å². The smallest absolute Gasteiger partial charge is 0.316 e. The maximum Gasteiger partial charge on any atom is 0.316 e. The van der Waals surface area contributed by atoms with Gasteiger partial charge in [-0.1, -0.05) is 60.7 Å². The van der Waals surface area contributed by atoms with Gasteiger partial charge in [0.25, 0.3) is 0 Å². The molecule has 2 aromatic carbocycles. The Morgan fingerprint density at radius 2 is 1.77 bits per heavy atom. The first-order valence-electron chi connectivity index (χ1n) is 9.16. The highest BCUT2D eigenvalue weighted by molar-refractivity contribution is 5.82. The Kier molecular flexibility index (Phi) is 6.07. The monoisotopic (exact) mass is 353 g/mol. The molecule has 0 aliphatic carbocycles. The zero-order chi connectivity index (χ0) is 18.4. The van der Waals surface area contributed by atoms with Crippen LogP contribution in [0.2, 0.25) is 0 Å². The molecule has 1 unspecified atom stereocenters. The van der Waals surface area contributed by atoms with Gasteiger partial charge in [-0.2, -0.15) is 0 Å². The van der Waals surface area contributed by atoms with Crippen LogP contribution in [0.15, 0.2) is 60.7 Å². The summed E-state index contributed by atoms with van der Waals surface area (Å²) in [6.45, 7) is 7.31. The molecule has 2 aromatic rings. The van der Waals surface area contributed by atoms with Crippen LogP contribution in [0.4, 0.5) is 0 Å². The number of carbonyl (C=O) groups excluding carboxylic acids is 1. The van der Waals surface area contributed by atoms with Gasteiger partial charge < -0.3 is 9.47 Å². The van der Waals surface area contributed by atoms with Crippen molar-refractivity contribution in [1.82, 2.24) is 4.90 Å². The molecule has 0 bridgehead atoms. The third kappa shape index (κ3) is 4.71. The van der Waals surface area contributed by atoms with Crippen LogP contribution >= 0.6 is 0 Å². The van der Waals surface area contributed by atoms with Gasteiger partial charge in [-0.15, -0.1) is 0 Å². The van der Waals surface area contributed by atoms with Crippen molar-refractivity contribution in [3.8, 4) is 0 Å². The molecule has 138 valence electrons. The Bertz CT molecular complexity index is 700. The molecular formula is C22H27NO3. The average Bonchev–Trinajstić information content (AvgIpc) is 2.68.